The van der Waals surface area contributed by atoms with E-state index in [0.717, 1.165) is 36.1 Å². The Kier molecular flexibility index (Phi) is 5.51. The summed E-state index contributed by atoms with van der Waals surface area (Å²) in [5.41, 5.74) is 1.58. The highest BCUT2D eigenvalue weighted by molar-refractivity contribution is 6.21. The van der Waals surface area contributed by atoms with Crippen LogP contribution in [0.1, 0.15) is 46.8 Å². The number of para-hydroxylation sites is 2. The van der Waals surface area contributed by atoms with Crippen molar-refractivity contribution in [2.45, 2.75) is 43.2 Å². The minimum Gasteiger partial charge on any atom is -0.490 e. The van der Waals surface area contributed by atoms with E-state index < -0.39 is 16.9 Å². The van der Waals surface area contributed by atoms with Crippen LogP contribution in [0.25, 0.3) is 0 Å². The lowest BCUT2D eigenvalue weighted by Crippen LogP contribution is -2.62. The van der Waals surface area contributed by atoms with Gasteiger partial charge in [-0.3, -0.25) is 19.3 Å². The molecule has 3 aromatic carbocycles. The average molecular weight is 534 g/mol. The Morgan fingerprint density at radius 1 is 1.05 bits per heavy atom. The number of ketones is 1. The predicted molar refractivity (Wildman–Crippen MR) is 153 cm³/mol. The molecule has 2 N–H and O–H groups in total. The number of rotatable bonds is 6. The topological polar surface area (TPSA) is 87.7 Å². The van der Waals surface area contributed by atoms with E-state index in [9.17, 15) is 14.4 Å². The van der Waals surface area contributed by atoms with Crippen LogP contribution in [0.4, 0.5) is 11.4 Å². The van der Waals surface area contributed by atoms with Crippen LogP contribution in [0.5, 0.6) is 5.75 Å². The molecule has 7 heteroatoms. The molecule has 0 saturated carbocycles. The highest BCUT2D eigenvalue weighted by atomic mass is 16.5. The lowest BCUT2D eigenvalue weighted by atomic mass is 9.57. The predicted octanol–water partition coefficient (Wildman–Crippen LogP) is 4.83. The van der Waals surface area contributed by atoms with Crippen LogP contribution in [-0.4, -0.2) is 41.7 Å². The van der Waals surface area contributed by atoms with Gasteiger partial charge in [-0.05, 0) is 55.1 Å². The van der Waals surface area contributed by atoms with Crippen molar-refractivity contribution in [2.75, 3.05) is 23.8 Å². The third kappa shape index (κ3) is 2.90. The molecule has 0 unspecified atom stereocenters. The molecule has 202 valence electrons. The normalized spacial score (nSPS) is 27.8. The van der Waals surface area contributed by atoms with Gasteiger partial charge < -0.3 is 15.4 Å². The summed E-state index contributed by atoms with van der Waals surface area (Å²) >= 11 is 0. The van der Waals surface area contributed by atoms with Gasteiger partial charge in [0.1, 0.15) is 23.3 Å². The summed E-state index contributed by atoms with van der Waals surface area (Å²) in [5, 5.41) is 6.29. The lowest BCUT2D eigenvalue weighted by Gasteiger charge is -2.43. The molecule has 2 amide bonds. The first kappa shape index (κ1) is 24.8. The summed E-state index contributed by atoms with van der Waals surface area (Å²) in [6.07, 6.45) is 3.95. The number of carbonyl (C=O) groups is 3. The summed E-state index contributed by atoms with van der Waals surface area (Å²) in [4.78, 5) is 46.2. The Balaban J connectivity index is 1.52. The van der Waals surface area contributed by atoms with E-state index >= 15 is 0 Å². The summed E-state index contributed by atoms with van der Waals surface area (Å²) in [7, 11) is 0. The monoisotopic (exact) mass is 533 g/mol. The molecular formula is C33H31N3O4. The number of anilines is 2. The largest absolute Gasteiger partial charge is 0.490 e. The number of carbonyl (C=O) groups excluding carboxylic acids is 3. The quantitative estimate of drug-likeness (QED) is 0.350. The SMILES string of the molecule is C=CCOc1cccc(C(=O)[C@@H]2[C@@H]3CCCN3[C@]3(C(=O)Nc4c(CC)cccc43)[C@@]23C(=O)Nc2ccccc23)c1. The Morgan fingerprint density at radius 3 is 2.67 bits per heavy atom. The number of Topliss-reactive ketones (excluding diaryl/α,β-unsaturated/α-hetero) is 1. The Hall–Kier alpha value is -4.23. The number of fused-ring (bicyclic) bond motifs is 7. The van der Waals surface area contributed by atoms with E-state index in [-0.39, 0.29) is 23.6 Å². The second-order valence-corrected chi connectivity index (χ2v) is 11.0. The number of aryl methyl sites for hydroxylation is 1. The average Bonchev–Trinajstić information content (AvgIpc) is 3.70. The van der Waals surface area contributed by atoms with Gasteiger partial charge in [0.15, 0.2) is 5.78 Å². The van der Waals surface area contributed by atoms with Crippen molar-refractivity contribution in [3.05, 3.63) is 102 Å². The number of amides is 2. The minimum atomic E-state index is -1.45. The zero-order chi connectivity index (χ0) is 27.6. The van der Waals surface area contributed by atoms with E-state index in [2.05, 4.69) is 29.0 Å². The standard InChI is InChI=1S/C33H31N3O4/c1-3-18-40-22-12-7-11-21(19-22)29(37)27-26-16-9-17-36(26)33(24-14-8-10-20(4-2)28(24)35-31(33)39)32(27)23-13-5-6-15-25(23)34-30(32)38/h3,5-8,10-15,19,26-27H,1,4,9,16-18H2,2H3,(H,34,38)(H,35,39)/t26-,27-,32+,33+/m0/s1. The zero-order valence-electron chi connectivity index (χ0n) is 22.4. The van der Waals surface area contributed by atoms with Crippen LogP contribution in [-0.2, 0) is 27.0 Å². The van der Waals surface area contributed by atoms with Gasteiger partial charge >= 0.3 is 0 Å². The van der Waals surface area contributed by atoms with Gasteiger partial charge in [-0.1, -0.05) is 68.1 Å². The van der Waals surface area contributed by atoms with Gasteiger partial charge in [0.05, 0.1) is 5.92 Å². The van der Waals surface area contributed by atoms with E-state index in [1.165, 1.54) is 0 Å². The maximum absolute atomic E-state index is 14.8. The van der Waals surface area contributed by atoms with Gasteiger partial charge in [-0.25, -0.2) is 0 Å². The second-order valence-electron chi connectivity index (χ2n) is 11.0. The van der Waals surface area contributed by atoms with Crippen molar-refractivity contribution in [2.24, 2.45) is 5.92 Å². The molecule has 0 aliphatic carbocycles. The van der Waals surface area contributed by atoms with Gasteiger partial charge in [-0.15, -0.1) is 0 Å². The molecule has 2 spiro atoms. The Morgan fingerprint density at radius 2 is 1.85 bits per heavy atom. The molecule has 2 fully saturated rings. The molecule has 7 rings (SSSR count). The fraction of sp³-hybridized carbons (Fsp3) is 0.303. The Bertz CT molecular complexity index is 1600. The number of hydrogen-bond donors (Lipinski definition) is 2. The van der Waals surface area contributed by atoms with Crippen molar-refractivity contribution < 1.29 is 19.1 Å². The number of hydrogen-bond acceptors (Lipinski definition) is 5. The van der Waals surface area contributed by atoms with E-state index in [0.29, 0.717) is 35.7 Å². The smallest absolute Gasteiger partial charge is 0.251 e. The van der Waals surface area contributed by atoms with Gasteiger partial charge in [-0.2, -0.15) is 0 Å². The first-order chi connectivity index (χ1) is 19.5. The summed E-state index contributed by atoms with van der Waals surface area (Å²) in [5.74, 6) is -0.914. The number of nitrogens with zero attached hydrogens (tertiary/aromatic N) is 1. The summed E-state index contributed by atoms with van der Waals surface area (Å²) in [6, 6.07) is 20.3. The fourth-order valence-corrected chi connectivity index (χ4v) is 8.03. The first-order valence-corrected chi connectivity index (χ1v) is 14.0. The van der Waals surface area contributed by atoms with Crippen LogP contribution in [0.3, 0.4) is 0 Å². The van der Waals surface area contributed by atoms with E-state index in [1.54, 1.807) is 30.3 Å². The maximum Gasteiger partial charge on any atom is 0.251 e. The van der Waals surface area contributed by atoms with Gasteiger partial charge in [0.25, 0.3) is 5.91 Å². The molecule has 2 saturated heterocycles. The molecule has 3 aromatic rings. The van der Waals surface area contributed by atoms with Gasteiger partial charge in [0, 0.05) is 28.5 Å². The highest BCUT2D eigenvalue weighted by Gasteiger charge is 2.81. The molecule has 4 heterocycles. The Labute approximate surface area is 233 Å². The molecule has 0 aromatic heterocycles. The van der Waals surface area contributed by atoms with Crippen molar-refractivity contribution in [3.8, 4) is 5.75 Å². The third-order valence-electron chi connectivity index (χ3n) is 9.37. The first-order valence-electron chi connectivity index (χ1n) is 14.0. The second kappa shape index (κ2) is 8.89. The van der Waals surface area contributed by atoms with Crippen LogP contribution in [0.2, 0.25) is 0 Å². The lowest BCUT2D eigenvalue weighted by molar-refractivity contribution is -0.137. The maximum atomic E-state index is 14.8. The fourth-order valence-electron chi connectivity index (χ4n) is 8.03. The van der Waals surface area contributed by atoms with Crippen molar-refractivity contribution in [1.82, 2.24) is 4.90 Å². The molecule has 4 atom stereocenters. The highest BCUT2D eigenvalue weighted by Crippen LogP contribution is 2.68. The molecule has 40 heavy (non-hydrogen) atoms. The minimum absolute atomic E-state index is 0.155. The molecule has 4 aliphatic heterocycles. The molecule has 0 bridgehead atoms. The molecule has 4 aliphatic rings. The molecule has 0 radical (unpaired) electrons. The number of nitrogens with one attached hydrogen (secondary N) is 2. The number of ether oxygens (including phenoxy) is 1. The van der Waals surface area contributed by atoms with Crippen molar-refractivity contribution in [1.29, 1.82) is 0 Å². The zero-order valence-corrected chi connectivity index (χ0v) is 22.4. The number of benzene rings is 3. The van der Waals surface area contributed by atoms with Crippen molar-refractivity contribution >= 4 is 29.0 Å². The van der Waals surface area contributed by atoms with Crippen LogP contribution in [0.15, 0.2) is 79.4 Å². The van der Waals surface area contributed by atoms with Crippen molar-refractivity contribution in [3.63, 3.8) is 0 Å². The van der Waals surface area contributed by atoms with Crippen LogP contribution >= 0.6 is 0 Å². The van der Waals surface area contributed by atoms with E-state index in [4.69, 9.17) is 4.74 Å². The summed E-state index contributed by atoms with van der Waals surface area (Å²) < 4.78 is 5.75. The van der Waals surface area contributed by atoms with Crippen LogP contribution < -0.4 is 15.4 Å². The van der Waals surface area contributed by atoms with E-state index in [1.807, 2.05) is 42.5 Å². The van der Waals surface area contributed by atoms with Crippen LogP contribution in [0, 0.1) is 5.92 Å². The summed E-state index contributed by atoms with van der Waals surface area (Å²) in [6.45, 7) is 6.70. The molecular weight excluding hydrogens is 502 g/mol. The van der Waals surface area contributed by atoms with Gasteiger partial charge in [0.2, 0.25) is 5.91 Å². The third-order valence-corrected chi connectivity index (χ3v) is 9.37. The molecule has 7 nitrogen and oxygen atoms in total.